The number of amides is 1. The number of aliphatic hydroxyl groups excluding tert-OH is 1. The summed E-state index contributed by atoms with van der Waals surface area (Å²) in [7, 11) is -3.68. The van der Waals surface area contributed by atoms with E-state index in [2.05, 4.69) is 5.32 Å². The molecular weight excluding hydrogens is 344 g/mol. The van der Waals surface area contributed by atoms with E-state index in [1.807, 2.05) is 0 Å². The number of nitrogens with one attached hydrogen (secondary N) is 1. The maximum absolute atomic E-state index is 13.1. The minimum absolute atomic E-state index is 0.0639. The lowest BCUT2D eigenvalue weighted by molar-refractivity contribution is -0.118. The number of aliphatic hydroxyl groups is 1. The number of hydrogen-bond donors (Lipinski definition) is 2. The van der Waals surface area contributed by atoms with Crippen LogP contribution in [0.4, 0.5) is 5.69 Å². The van der Waals surface area contributed by atoms with Crippen molar-refractivity contribution in [1.29, 1.82) is 0 Å². The maximum atomic E-state index is 13.1. The highest BCUT2D eigenvalue weighted by Crippen LogP contribution is 2.46. The molecule has 1 amide bonds. The second-order valence-corrected chi connectivity index (χ2v) is 9.15. The fourth-order valence-electron chi connectivity index (χ4n) is 4.29. The van der Waals surface area contributed by atoms with Crippen LogP contribution < -0.4 is 10.1 Å². The Bertz CT molecular complexity index is 809. The van der Waals surface area contributed by atoms with Crippen LogP contribution >= 0.6 is 0 Å². The van der Waals surface area contributed by atoms with Gasteiger partial charge in [0.2, 0.25) is 10.0 Å². The third-order valence-electron chi connectivity index (χ3n) is 5.65. The van der Waals surface area contributed by atoms with Crippen molar-refractivity contribution in [3.8, 4) is 5.75 Å². The van der Waals surface area contributed by atoms with E-state index >= 15 is 0 Å². The molecule has 1 spiro atoms. The minimum atomic E-state index is -3.68. The standard InChI is InChI=1S/C17H22N2O5S/c20-15-3-1-6-17(15)7-2-8-19(11-17)25(22,23)12-4-5-14-13(9-12)18-16(21)10-24-14/h4-5,9,15,20H,1-3,6-8,10-11H2,(H,18,21)/t15-,17+/m1/s1. The largest absolute Gasteiger partial charge is 0.482 e. The molecule has 1 aliphatic carbocycles. The number of anilines is 1. The van der Waals surface area contributed by atoms with Crippen LogP contribution in [-0.4, -0.2) is 49.5 Å². The van der Waals surface area contributed by atoms with Gasteiger partial charge in [0, 0.05) is 18.5 Å². The predicted molar refractivity (Wildman–Crippen MR) is 90.9 cm³/mol. The topological polar surface area (TPSA) is 95.9 Å². The van der Waals surface area contributed by atoms with Gasteiger partial charge < -0.3 is 15.2 Å². The number of piperidine rings is 1. The van der Waals surface area contributed by atoms with E-state index in [1.54, 1.807) is 6.07 Å². The van der Waals surface area contributed by atoms with Gasteiger partial charge in [-0.15, -0.1) is 0 Å². The molecule has 0 radical (unpaired) electrons. The number of ether oxygens (including phenoxy) is 1. The van der Waals surface area contributed by atoms with Crippen LogP contribution in [-0.2, 0) is 14.8 Å². The highest BCUT2D eigenvalue weighted by atomic mass is 32.2. The first-order chi connectivity index (χ1) is 11.9. The van der Waals surface area contributed by atoms with Gasteiger partial charge >= 0.3 is 0 Å². The highest BCUT2D eigenvalue weighted by Gasteiger charge is 2.47. The summed E-state index contributed by atoms with van der Waals surface area (Å²) in [5.41, 5.74) is 0.0709. The molecule has 0 unspecified atom stereocenters. The Balaban J connectivity index is 1.63. The van der Waals surface area contributed by atoms with Crippen LogP contribution in [0.15, 0.2) is 23.1 Å². The zero-order valence-corrected chi connectivity index (χ0v) is 14.7. The van der Waals surface area contributed by atoms with Crippen molar-refractivity contribution in [2.45, 2.75) is 43.1 Å². The summed E-state index contributed by atoms with van der Waals surface area (Å²) in [6.07, 6.45) is 3.75. The van der Waals surface area contributed by atoms with Crippen molar-refractivity contribution in [1.82, 2.24) is 4.31 Å². The summed E-state index contributed by atoms with van der Waals surface area (Å²) in [6.45, 7) is 0.749. The molecule has 1 aromatic carbocycles. The Morgan fingerprint density at radius 1 is 1.28 bits per heavy atom. The van der Waals surface area contributed by atoms with E-state index in [4.69, 9.17) is 4.74 Å². The first-order valence-electron chi connectivity index (χ1n) is 8.66. The van der Waals surface area contributed by atoms with Gasteiger partial charge in [-0.2, -0.15) is 4.31 Å². The van der Waals surface area contributed by atoms with Crippen molar-refractivity contribution in [2.24, 2.45) is 5.41 Å². The lowest BCUT2D eigenvalue weighted by atomic mass is 9.77. The molecule has 2 atom stereocenters. The van der Waals surface area contributed by atoms with Gasteiger partial charge in [0.25, 0.3) is 5.91 Å². The zero-order chi connectivity index (χ0) is 17.7. The van der Waals surface area contributed by atoms with Gasteiger partial charge in [-0.05, 0) is 43.9 Å². The minimum Gasteiger partial charge on any atom is -0.482 e. The van der Waals surface area contributed by atoms with E-state index in [0.717, 1.165) is 32.1 Å². The Hall–Kier alpha value is -1.64. The molecule has 8 heteroatoms. The van der Waals surface area contributed by atoms with Crippen LogP contribution in [0.2, 0.25) is 0 Å². The molecular formula is C17H22N2O5S. The van der Waals surface area contributed by atoms with Crippen LogP contribution in [0.1, 0.15) is 32.1 Å². The van der Waals surface area contributed by atoms with Crippen molar-refractivity contribution < 1.29 is 23.1 Å². The van der Waals surface area contributed by atoms with Gasteiger partial charge in [-0.3, -0.25) is 4.79 Å². The Labute approximate surface area is 147 Å². The summed E-state index contributed by atoms with van der Waals surface area (Å²) in [6, 6.07) is 4.54. The Morgan fingerprint density at radius 3 is 2.84 bits per heavy atom. The molecule has 1 saturated carbocycles. The smallest absolute Gasteiger partial charge is 0.262 e. The van der Waals surface area contributed by atoms with Crippen LogP contribution in [0.25, 0.3) is 0 Å². The van der Waals surface area contributed by atoms with Crippen LogP contribution in [0, 0.1) is 5.41 Å². The second kappa shape index (κ2) is 5.96. The van der Waals surface area contributed by atoms with Gasteiger partial charge in [0.15, 0.2) is 6.61 Å². The zero-order valence-electron chi connectivity index (χ0n) is 13.9. The number of nitrogens with zero attached hydrogens (tertiary/aromatic N) is 1. The molecule has 2 heterocycles. The number of benzene rings is 1. The quantitative estimate of drug-likeness (QED) is 0.823. The lowest BCUT2D eigenvalue weighted by Crippen LogP contribution is -2.49. The van der Waals surface area contributed by atoms with Crippen molar-refractivity contribution in [3.05, 3.63) is 18.2 Å². The van der Waals surface area contributed by atoms with Crippen molar-refractivity contribution in [2.75, 3.05) is 25.0 Å². The first kappa shape index (κ1) is 16.8. The summed E-state index contributed by atoms with van der Waals surface area (Å²) in [5.74, 6) is 0.174. The molecule has 2 N–H and O–H groups in total. The molecule has 25 heavy (non-hydrogen) atoms. The Kier molecular flexibility index (Phi) is 4.01. The third-order valence-corrected chi connectivity index (χ3v) is 7.50. The molecule has 2 aliphatic heterocycles. The summed E-state index contributed by atoms with van der Waals surface area (Å²) in [5, 5.41) is 13.0. The lowest BCUT2D eigenvalue weighted by Gasteiger charge is -2.41. The summed E-state index contributed by atoms with van der Waals surface area (Å²) in [4.78, 5) is 11.6. The maximum Gasteiger partial charge on any atom is 0.262 e. The molecule has 1 aromatic rings. The average molecular weight is 366 g/mol. The highest BCUT2D eigenvalue weighted by molar-refractivity contribution is 7.89. The monoisotopic (exact) mass is 366 g/mol. The molecule has 0 bridgehead atoms. The summed E-state index contributed by atoms with van der Waals surface area (Å²) < 4.78 is 33.0. The van der Waals surface area contributed by atoms with Crippen molar-refractivity contribution in [3.63, 3.8) is 0 Å². The molecule has 7 nitrogen and oxygen atoms in total. The number of hydrogen-bond acceptors (Lipinski definition) is 5. The van der Waals surface area contributed by atoms with Crippen LogP contribution in [0.3, 0.4) is 0 Å². The van der Waals surface area contributed by atoms with Crippen molar-refractivity contribution >= 4 is 21.6 Å². The van der Waals surface area contributed by atoms with Gasteiger partial charge in [-0.1, -0.05) is 6.42 Å². The van der Waals surface area contributed by atoms with E-state index in [0.29, 0.717) is 24.5 Å². The number of carbonyl (C=O) groups is 1. The normalized spacial score (nSPS) is 30.0. The molecule has 2 fully saturated rings. The van der Waals surface area contributed by atoms with Crippen LogP contribution in [0.5, 0.6) is 5.75 Å². The molecule has 136 valence electrons. The SMILES string of the molecule is O=C1COc2ccc(S(=O)(=O)N3CCC[C@@]4(CCC[C@H]4O)C3)cc2N1. The second-order valence-electron chi connectivity index (χ2n) is 7.21. The average Bonchev–Trinajstić information content (AvgIpc) is 2.94. The third kappa shape index (κ3) is 2.82. The molecule has 4 rings (SSSR count). The molecule has 3 aliphatic rings. The molecule has 0 aromatic heterocycles. The number of fused-ring (bicyclic) bond motifs is 1. The number of carbonyl (C=O) groups excluding carboxylic acids is 1. The predicted octanol–water partition coefficient (Wildman–Crippen LogP) is 1.33. The van der Waals surface area contributed by atoms with E-state index in [9.17, 15) is 18.3 Å². The van der Waals surface area contributed by atoms with E-state index in [-0.39, 0.29) is 22.8 Å². The van der Waals surface area contributed by atoms with Gasteiger partial charge in [-0.25, -0.2) is 8.42 Å². The summed E-state index contributed by atoms with van der Waals surface area (Å²) >= 11 is 0. The fraction of sp³-hybridized carbons (Fsp3) is 0.588. The first-order valence-corrected chi connectivity index (χ1v) is 10.1. The van der Waals surface area contributed by atoms with Gasteiger partial charge in [0.1, 0.15) is 5.75 Å². The van der Waals surface area contributed by atoms with E-state index in [1.165, 1.54) is 16.4 Å². The number of sulfonamides is 1. The van der Waals surface area contributed by atoms with E-state index < -0.39 is 16.1 Å². The molecule has 1 saturated heterocycles. The fourth-order valence-corrected chi connectivity index (χ4v) is 5.89. The number of rotatable bonds is 2. The van der Waals surface area contributed by atoms with Gasteiger partial charge in [0.05, 0.1) is 16.7 Å². The Morgan fingerprint density at radius 2 is 2.08 bits per heavy atom.